The number of carbonyl (C=O) groups excluding carboxylic acids is 1. The SMILES string of the molecule is NC(=O)c1cncc(OC2CCC2)c1. The minimum atomic E-state index is -0.475. The van der Waals surface area contributed by atoms with Crippen LogP contribution in [0.3, 0.4) is 0 Å². The van der Waals surface area contributed by atoms with E-state index in [9.17, 15) is 4.79 Å². The molecule has 0 atom stereocenters. The summed E-state index contributed by atoms with van der Waals surface area (Å²) in [5.41, 5.74) is 5.52. The molecular weight excluding hydrogens is 180 g/mol. The van der Waals surface area contributed by atoms with Gasteiger partial charge in [0, 0.05) is 6.20 Å². The van der Waals surface area contributed by atoms with Crippen molar-refractivity contribution >= 4 is 5.91 Å². The number of nitrogens with zero attached hydrogens (tertiary/aromatic N) is 1. The van der Waals surface area contributed by atoms with Crippen LogP contribution < -0.4 is 10.5 Å². The van der Waals surface area contributed by atoms with Gasteiger partial charge in [0.15, 0.2) is 0 Å². The summed E-state index contributed by atoms with van der Waals surface area (Å²) in [6, 6.07) is 1.63. The molecular formula is C10H12N2O2. The molecule has 0 spiro atoms. The van der Waals surface area contributed by atoms with Crippen molar-refractivity contribution in [1.82, 2.24) is 4.98 Å². The van der Waals surface area contributed by atoms with Crippen LogP contribution in [-0.2, 0) is 0 Å². The van der Waals surface area contributed by atoms with E-state index >= 15 is 0 Å². The first kappa shape index (κ1) is 8.99. The maximum Gasteiger partial charge on any atom is 0.250 e. The minimum absolute atomic E-state index is 0.292. The zero-order valence-corrected chi connectivity index (χ0v) is 7.77. The highest BCUT2D eigenvalue weighted by molar-refractivity contribution is 5.92. The molecule has 0 unspecified atom stereocenters. The van der Waals surface area contributed by atoms with E-state index in [1.807, 2.05) is 0 Å². The normalized spacial score (nSPS) is 16.0. The molecule has 1 aliphatic rings. The number of ether oxygens (including phenoxy) is 1. The molecule has 14 heavy (non-hydrogen) atoms. The molecule has 4 nitrogen and oxygen atoms in total. The lowest BCUT2D eigenvalue weighted by Gasteiger charge is -2.26. The van der Waals surface area contributed by atoms with Crippen LogP contribution in [0.15, 0.2) is 18.5 Å². The topological polar surface area (TPSA) is 65.2 Å². The zero-order chi connectivity index (χ0) is 9.97. The Morgan fingerprint density at radius 3 is 2.86 bits per heavy atom. The third kappa shape index (κ3) is 1.84. The second-order valence-electron chi connectivity index (χ2n) is 3.44. The molecule has 1 saturated carbocycles. The molecule has 1 fully saturated rings. The van der Waals surface area contributed by atoms with Crippen LogP contribution in [0.5, 0.6) is 5.75 Å². The van der Waals surface area contributed by atoms with Gasteiger partial charge in [0.05, 0.1) is 17.9 Å². The molecule has 1 aliphatic carbocycles. The third-order valence-corrected chi connectivity index (χ3v) is 2.35. The fourth-order valence-electron chi connectivity index (χ4n) is 1.30. The first-order chi connectivity index (χ1) is 6.75. The number of nitrogens with two attached hydrogens (primary N) is 1. The van der Waals surface area contributed by atoms with Crippen molar-refractivity contribution in [3.05, 3.63) is 24.0 Å². The van der Waals surface area contributed by atoms with Gasteiger partial charge in [-0.15, -0.1) is 0 Å². The monoisotopic (exact) mass is 192 g/mol. The molecule has 0 radical (unpaired) electrons. The van der Waals surface area contributed by atoms with Gasteiger partial charge in [-0.05, 0) is 25.3 Å². The Kier molecular flexibility index (Phi) is 2.35. The molecule has 2 rings (SSSR count). The Morgan fingerprint density at radius 1 is 1.50 bits per heavy atom. The average Bonchev–Trinajstić information content (AvgIpc) is 2.12. The summed E-state index contributed by atoms with van der Waals surface area (Å²) >= 11 is 0. The summed E-state index contributed by atoms with van der Waals surface area (Å²) in [7, 11) is 0. The molecule has 4 heteroatoms. The van der Waals surface area contributed by atoms with Gasteiger partial charge in [-0.3, -0.25) is 9.78 Å². The molecule has 0 aliphatic heterocycles. The second-order valence-corrected chi connectivity index (χ2v) is 3.44. The Bertz CT molecular complexity index is 348. The number of hydrogen-bond donors (Lipinski definition) is 1. The van der Waals surface area contributed by atoms with Crippen molar-refractivity contribution < 1.29 is 9.53 Å². The molecule has 0 aromatic carbocycles. The first-order valence-electron chi connectivity index (χ1n) is 4.67. The van der Waals surface area contributed by atoms with Gasteiger partial charge in [0.2, 0.25) is 5.91 Å². The van der Waals surface area contributed by atoms with Gasteiger partial charge < -0.3 is 10.5 Å². The van der Waals surface area contributed by atoms with Crippen LogP contribution >= 0.6 is 0 Å². The van der Waals surface area contributed by atoms with E-state index in [0.29, 0.717) is 17.4 Å². The highest BCUT2D eigenvalue weighted by atomic mass is 16.5. The van der Waals surface area contributed by atoms with E-state index < -0.39 is 5.91 Å². The van der Waals surface area contributed by atoms with Gasteiger partial charge in [-0.1, -0.05) is 0 Å². The third-order valence-electron chi connectivity index (χ3n) is 2.35. The van der Waals surface area contributed by atoms with Gasteiger partial charge in [-0.2, -0.15) is 0 Å². The minimum Gasteiger partial charge on any atom is -0.489 e. The zero-order valence-electron chi connectivity index (χ0n) is 7.77. The van der Waals surface area contributed by atoms with E-state index in [1.54, 1.807) is 12.3 Å². The van der Waals surface area contributed by atoms with Crippen LogP contribution in [0, 0.1) is 0 Å². The highest BCUT2D eigenvalue weighted by Gasteiger charge is 2.19. The largest absolute Gasteiger partial charge is 0.489 e. The van der Waals surface area contributed by atoms with Gasteiger partial charge in [0.25, 0.3) is 0 Å². The van der Waals surface area contributed by atoms with E-state index in [0.717, 1.165) is 12.8 Å². The summed E-state index contributed by atoms with van der Waals surface area (Å²) in [6.07, 6.45) is 6.72. The van der Waals surface area contributed by atoms with Crippen LogP contribution in [-0.4, -0.2) is 17.0 Å². The van der Waals surface area contributed by atoms with Crippen LogP contribution in [0.1, 0.15) is 29.6 Å². The molecule has 1 amide bonds. The molecule has 1 heterocycles. The molecule has 1 aromatic heterocycles. The van der Waals surface area contributed by atoms with Crippen molar-refractivity contribution in [3.63, 3.8) is 0 Å². The number of hydrogen-bond acceptors (Lipinski definition) is 3. The Hall–Kier alpha value is -1.58. The van der Waals surface area contributed by atoms with Crippen LogP contribution in [0.25, 0.3) is 0 Å². The van der Waals surface area contributed by atoms with Crippen LogP contribution in [0.2, 0.25) is 0 Å². The van der Waals surface area contributed by atoms with Crippen molar-refractivity contribution in [2.75, 3.05) is 0 Å². The van der Waals surface area contributed by atoms with Gasteiger partial charge in [0.1, 0.15) is 5.75 Å². The number of carbonyl (C=O) groups is 1. The molecule has 0 bridgehead atoms. The molecule has 0 saturated heterocycles. The smallest absolute Gasteiger partial charge is 0.250 e. The summed E-state index contributed by atoms with van der Waals surface area (Å²) < 4.78 is 5.57. The lowest BCUT2D eigenvalue weighted by atomic mass is 9.96. The quantitative estimate of drug-likeness (QED) is 0.780. The Labute approximate surface area is 82.1 Å². The van der Waals surface area contributed by atoms with Gasteiger partial charge >= 0.3 is 0 Å². The molecule has 74 valence electrons. The van der Waals surface area contributed by atoms with Crippen molar-refractivity contribution in [3.8, 4) is 5.75 Å². The molecule has 1 aromatic rings. The highest BCUT2D eigenvalue weighted by Crippen LogP contribution is 2.24. The average molecular weight is 192 g/mol. The summed E-state index contributed by atoms with van der Waals surface area (Å²) in [6.45, 7) is 0. The van der Waals surface area contributed by atoms with E-state index in [-0.39, 0.29) is 0 Å². The van der Waals surface area contributed by atoms with Crippen molar-refractivity contribution in [1.29, 1.82) is 0 Å². The van der Waals surface area contributed by atoms with Gasteiger partial charge in [-0.25, -0.2) is 0 Å². The molecule has 2 N–H and O–H groups in total. The van der Waals surface area contributed by atoms with Crippen molar-refractivity contribution in [2.24, 2.45) is 5.73 Å². The van der Waals surface area contributed by atoms with E-state index in [4.69, 9.17) is 10.5 Å². The maximum atomic E-state index is 10.8. The number of aromatic nitrogens is 1. The first-order valence-corrected chi connectivity index (χ1v) is 4.67. The fraction of sp³-hybridized carbons (Fsp3) is 0.400. The van der Waals surface area contributed by atoms with Crippen molar-refractivity contribution in [2.45, 2.75) is 25.4 Å². The lowest BCUT2D eigenvalue weighted by molar-refractivity contribution is 0.0995. The number of rotatable bonds is 3. The standard InChI is InChI=1S/C10H12N2O2/c11-10(13)7-4-9(6-12-5-7)14-8-2-1-3-8/h4-6,8H,1-3H2,(H2,11,13). The predicted molar refractivity (Wildman–Crippen MR) is 51.0 cm³/mol. The van der Waals surface area contributed by atoms with E-state index in [2.05, 4.69) is 4.98 Å². The lowest BCUT2D eigenvalue weighted by Crippen LogP contribution is -2.24. The number of amides is 1. The van der Waals surface area contributed by atoms with Crippen LogP contribution in [0.4, 0.5) is 0 Å². The predicted octanol–water partition coefficient (Wildman–Crippen LogP) is 1.11. The second kappa shape index (κ2) is 3.65. The number of pyridine rings is 1. The fourth-order valence-corrected chi connectivity index (χ4v) is 1.30. The Balaban J connectivity index is 2.09. The Morgan fingerprint density at radius 2 is 2.29 bits per heavy atom. The maximum absolute atomic E-state index is 10.8. The summed E-state index contributed by atoms with van der Waals surface area (Å²) in [5.74, 6) is 0.155. The van der Waals surface area contributed by atoms with E-state index in [1.165, 1.54) is 12.6 Å². The summed E-state index contributed by atoms with van der Waals surface area (Å²) in [4.78, 5) is 14.7. The number of primary amides is 1. The summed E-state index contributed by atoms with van der Waals surface area (Å²) in [5, 5.41) is 0.